The fraction of sp³-hybridized carbons (Fsp3) is 0.167. The number of methoxy groups -OCH3 is 2. The maximum atomic E-state index is 11.3. The highest BCUT2D eigenvalue weighted by atomic mass is 16.5. The zero-order valence-electron chi connectivity index (χ0n) is 10.4. The summed E-state index contributed by atoms with van der Waals surface area (Å²) in [5.41, 5.74) is 1.20. The lowest BCUT2D eigenvalue weighted by Gasteiger charge is -2.01. The first-order valence-electron chi connectivity index (χ1n) is 5.35. The van der Waals surface area contributed by atoms with Crippen LogP contribution < -0.4 is 0 Å². The van der Waals surface area contributed by atoms with Crippen LogP contribution in [-0.4, -0.2) is 41.2 Å². The maximum absolute atomic E-state index is 11.3. The summed E-state index contributed by atoms with van der Waals surface area (Å²) in [5.74, 6) is -0.974. The van der Waals surface area contributed by atoms with Crippen LogP contribution in [0.4, 0.5) is 0 Å². The summed E-state index contributed by atoms with van der Waals surface area (Å²) in [4.78, 5) is 22.5. The minimum absolute atomic E-state index is 0.111. The van der Waals surface area contributed by atoms with E-state index in [9.17, 15) is 9.59 Å². The Hall–Kier alpha value is -2.70. The molecule has 0 radical (unpaired) electrons. The Morgan fingerprint density at radius 1 is 1.05 bits per heavy atom. The summed E-state index contributed by atoms with van der Waals surface area (Å²) in [7, 11) is 2.59. The Morgan fingerprint density at radius 3 is 2.26 bits per heavy atom. The summed E-state index contributed by atoms with van der Waals surface area (Å²) in [6.45, 7) is 0. The number of carbonyl (C=O) groups excluding carboxylic acids is 2. The molecule has 2 aromatic rings. The van der Waals surface area contributed by atoms with Crippen LogP contribution in [0.2, 0.25) is 0 Å². The van der Waals surface area contributed by atoms with Gasteiger partial charge in [-0.15, -0.1) is 5.10 Å². The van der Waals surface area contributed by atoms with Crippen molar-refractivity contribution in [1.82, 2.24) is 15.0 Å². The third kappa shape index (κ3) is 2.59. The van der Waals surface area contributed by atoms with Crippen molar-refractivity contribution < 1.29 is 19.1 Å². The molecule has 7 heteroatoms. The van der Waals surface area contributed by atoms with Crippen LogP contribution in [0.25, 0.3) is 5.69 Å². The predicted octanol–water partition coefficient (Wildman–Crippen LogP) is 0.841. The number of hydrogen-bond acceptors (Lipinski definition) is 6. The molecule has 0 spiro atoms. The summed E-state index contributed by atoms with van der Waals surface area (Å²) in [5, 5.41) is 7.48. The number of carbonyl (C=O) groups is 2. The number of esters is 2. The molecule has 0 bridgehead atoms. The van der Waals surface area contributed by atoms with Crippen LogP contribution in [0.15, 0.2) is 30.5 Å². The molecule has 0 saturated heterocycles. The molecule has 0 unspecified atom stereocenters. The molecule has 98 valence electrons. The van der Waals surface area contributed by atoms with E-state index in [1.165, 1.54) is 25.1 Å². The van der Waals surface area contributed by atoms with E-state index in [0.717, 1.165) is 0 Å². The summed E-state index contributed by atoms with van der Waals surface area (Å²) in [6.07, 6.45) is 1.44. The van der Waals surface area contributed by atoms with Gasteiger partial charge in [0.15, 0.2) is 5.69 Å². The molecule has 7 nitrogen and oxygen atoms in total. The smallest absolute Gasteiger partial charge is 0.360 e. The van der Waals surface area contributed by atoms with E-state index in [2.05, 4.69) is 19.8 Å². The summed E-state index contributed by atoms with van der Waals surface area (Å²) in [6, 6.07) is 6.53. The number of ether oxygens (including phenoxy) is 2. The lowest BCUT2D eigenvalue weighted by atomic mass is 10.2. The first-order valence-corrected chi connectivity index (χ1v) is 5.35. The van der Waals surface area contributed by atoms with Crippen LogP contribution in [0.1, 0.15) is 20.8 Å². The maximum Gasteiger partial charge on any atom is 0.360 e. The molecule has 1 heterocycles. The van der Waals surface area contributed by atoms with E-state index < -0.39 is 11.9 Å². The molecule has 0 amide bonds. The minimum Gasteiger partial charge on any atom is -0.465 e. The highest BCUT2D eigenvalue weighted by Gasteiger charge is 2.11. The van der Waals surface area contributed by atoms with Crippen molar-refractivity contribution in [1.29, 1.82) is 0 Å². The van der Waals surface area contributed by atoms with Crippen molar-refractivity contribution in [3.05, 3.63) is 41.7 Å². The highest BCUT2D eigenvalue weighted by Crippen LogP contribution is 2.10. The van der Waals surface area contributed by atoms with Gasteiger partial charge in [0.25, 0.3) is 0 Å². The molecule has 1 aromatic heterocycles. The SMILES string of the molecule is COC(=O)c1ccc(-n2cc(C(=O)OC)nn2)cc1. The van der Waals surface area contributed by atoms with E-state index in [1.807, 2.05) is 0 Å². The molecule has 0 N–H and O–H groups in total. The zero-order valence-corrected chi connectivity index (χ0v) is 10.4. The predicted molar refractivity (Wildman–Crippen MR) is 64.0 cm³/mol. The molecule has 0 aliphatic carbocycles. The first-order chi connectivity index (χ1) is 9.15. The molecule has 0 aliphatic heterocycles. The quantitative estimate of drug-likeness (QED) is 0.761. The van der Waals surface area contributed by atoms with Crippen molar-refractivity contribution in [3.8, 4) is 5.69 Å². The second-order valence-corrected chi connectivity index (χ2v) is 3.58. The van der Waals surface area contributed by atoms with Gasteiger partial charge in [-0.1, -0.05) is 5.21 Å². The van der Waals surface area contributed by atoms with Gasteiger partial charge in [-0.2, -0.15) is 0 Å². The molecule has 2 rings (SSSR count). The molecule has 19 heavy (non-hydrogen) atoms. The van der Waals surface area contributed by atoms with Crippen LogP contribution in [0.5, 0.6) is 0 Å². The van der Waals surface area contributed by atoms with Gasteiger partial charge in [0.05, 0.1) is 31.7 Å². The largest absolute Gasteiger partial charge is 0.465 e. The Bertz CT molecular complexity index is 604. The number of benzene rings is 1. The third-order valence-electron chi connectivity index (χ3n) is 2.44. The van der Waals surface area contributed by atoms with Gasteiger partial charge < -0.3 is 9.47 Å². The van der Waals surface area contributed by atoms with Crippen LogP contribution in [0, 0.1) is 0 Å². The van der Waals surface area contributed by atoms with Crippen molar-refractivity contribution in [3.63, 3.8) is 0 Å². The van der Waals surface area contributed by atoms with Crippen molar-refractivity contribution in [2.45, 2.75) is 0 Å². The Kier molecular flexibility index (Phi) is 3.56. The molecular weight excluding hydrogens is 250 g/mol. The van der Waals surface area contributed by atoms with Crippen molar-refractivity contribution >= 4 is 11.9 Å². The normalized spacial score (nSPS) is 10.0. The van der Waals surface area contributed by atoms with Gasteiger partial charge in [0, 0.05) is 0 Å². The molecule has 0 aliphatic rings. The number of aromatic nitrogens is 3. The van der Waals surface area contributed by atoms with Crippen molar-refractivity contribution in [2.24, 2.45) is 0 Å². The van der Waals surface area contributed by atoms with Gasteiger partial charge in [-0.3, -0.25) is 0 Å². The minimum atomic E-state index is -0.558. The molecule has 0 fully saturated rings. The second-order valence-electron chi connectivity index (χ2n) is 3.58. The summed E-state index contributed by atoms with van der Waals surface area (Å²) < 4.78 is 10.5. The van der Waals surface area contributed by atoms with Gasteiger partial charge >= 0.3 is 11.9 Å². The monoisotopic (exact) mass is 261 g/mol. The van der Waals surface area contributed by atoms with Gasteiger partial charge in [0.2, 0.25) is 0 Å². The molecular formula is C12H11N3O4. The van der Waals surface area contributed by atoms with E-state index >= 15 is 0 Å². The highest BCUT2D eigenvalue weighted by molar-refractivity contribution is 5.89. The topological polar surface area (TPSA) is 83.3 Å². The lowest BCUT2D eigenvalue weighted by molar-refractivity contribution is 0.0588. The van der Waals surface area contributed by atoms with Crippen LogP contribution >= 0.6 is 0 Å². The Labute approximate surface area is 108 Å². The fourth-order valence-electron chi connectivity index (χ4n) is 1.46. The van der Waals surface area contributed by atoms with Crippen LogP contribution in [-0.2, 0) is 9.47 Å². The van der Waals surface area contributed by atoms with E-state index in [0.29, 0.717) is 11.3 Å². The van der Waals surface area contributed by atoms with Crippen LogP contribution in [0.3, 0.4) is 0 Å². The van der Waals surface area contributed by atoms with Gasteiger partial charge in [-0.25, -0.2) is 14.3 Å². The van der Waals surface area contributed by atoms with Crippen molar-refractivity contribution in [2.75, 3.05) is 14.2 Å². The number of nitrogens with zero attached hydrogens (tertiary/aromatic N) is 3. The lowest BCUT2D eigenvalue weighted by Crippen LogP contribution is -2.02. The zero-order chi connectivity index (χ0) is 13.8. The summed E-state index contributed by atoms with van der Waals surface area (Å²) >= 11 is 0. The number of rotatable bonds is 3. The molecule has 0 atom stereocenters. The first kappa shape index (κ1) is 12.7. The van der Waals surface area contributed by atoms with Gasteiger partial charge in [-0.05, 0) is 24.3 Å². The average Bonchev–Trinajstić information content (AvgIpc) is 2.95. The molecule has 0 saturated carbocycles. The van der Waals surface area contributed by atoms with E-state index in [1.54, 1.807) is 24.3 Å². The Balaban J connectivity index is 2.25. The third-order valence-corrected chi connectivity index (χ3v) is 2.44. The molecule has 1 aromatic carbocycles. The Morgan fingerprint density at radius 2 is 1.68 bits per heavy atom. The second kappa shape index (κ2) is 5.30. The van der Waals surface area contributed by atoms with E-state index in [4.69, 9.17) is 0 Å². The average molecular weight is 261 g/mol. The standard InChI is InChI=1S/C12H11N3O4/c1-18-11(16)8-3-5-9(6-4-8)15-7-10(13-14-15)12(17)19-2/h3-7H,1-2H3. The number of hydrogen-bond donors (Lipinski definition) is 0. The van der Waals surface area contributed by atoms with Gasteiger partial charge in [0.1, 0.15) is 0 Å². The van der Waals surface area contributed by atoms with E-state index in [-0.39, 0.29) is 5.69 Å². The fourth-order valence-corrected chi connectivity index (χ4v) is 1.46.